The van der Waals surface area contributed by atoms with Gasteiger partial charge in [-0.15, -0.1) is 0 Å². The van der Waals surface area contributed by atoms with Crippen LogP contribution in [-0.2, 0) is 4.79 Å². The number of benzene rings is 1. The average molecular weight is 334 g/mol. The van der Waals surface area contributed by atoms with Crippen LogP contribution in [0.4, 0.5) is 11.4 Å². The highest BCUT2D eigenvalue weighted by Gasteiger charge is 2.28. The van der Waals surface area contributed by atoms with Crippen molar-refractivity contribution in [2.24, 2.45) is 5.92 Å². The van der Waals surface area contributed by atoms with E-state index in [1.807, 2.05) is 25.1 Å². The minimum atomic E-state index is -0.796. The van der Waals surface area contributed by atoms with Gasteiger partial charge in [-0.1, -0.05) is 13.0 Å². The molecule has 0 aliphatic heterocycles. The van der Waals surface area contributed by atoms with Crippen LogP contribution in [0.2, 0.25) is 0 Å². The van der Waals surface area contributed by atoms with E-state index in [0.29, 0.717) is 18.2 Å². The molecule has 2 rings (SSSR count). The van der Waals surface area contributed by atoms with Crippen molar-refractivity contribution in [3.05, 3.63) is 23.8 Å². The number of nitrogen functional groups attached to an aromatic ring is 1. The summed E-state index contributed by atoms with van der Waals surface area (Å²) >= 11 is 0. The van der Waals surface area contributed by atoms with E-state index in [1.165, 1.54) is 12.8 Å². The van der Waals surface area contributed by atoms with Gasteiger partial charge in [0.05, 0.1) is 23.4 Å². The molecule has 0 amide bonds. The van der Waals surface area contributed by atoms with Crippen molar-refractivity contribution in [2.75, 3.05) is 23.7 Å². The van der Waals surface area contributed by atoms with Crippen LogP contribution in [0, 0.1) is 5.92 Å². The number of hydrogen-bond donors (Lipinski definition) is 3. The lowest BCUT2D eigenvalue weighted by Crippen LogP contribution is -2.40. The predicted molar refractivity (Wildman–Crippen MR) is 97.4 cm³/mol. The van der Waals surface area contributed by atoms with Crippen molar-refractivity contribution < 1.29 is 15.0 Å². The van der Waals surface area contributed by atoms with Gasteiger partial charge < -0.3 is 20.8 Å². The highest BCUT2D eigenvalue weighted by molar-refractivity contribution is 5.71. The number of rotatable bonds is 9. The predicted octanol–water partition coefficient (Wildman–Crippen LogP) is 3.22. The Hall–Kier alpha value is -1.75. The molecule has 4 N–H and O–H groups in total. The van der Waals surface area contributed by atoms with Crippen LogP contribution >= 0.6 is 0 Å². The van der Waals surface area contributed by atoms with Gasteiger partial charge in [0.2, 0.25) is 0 Å². The molecule has 1 aromatic carbocycles. The van der Waals surface area contributed by atoms with Crippen LogP contribution in [0.25, 0.3) is 0 Å². The summed E-state index contributed by atoms with van der Waals surface area (Å²) in [6, 6.07) is 5.85. The van der Waals surface area contributed by atoms with Gasteiger partial charge in [-0.2, -0.15) is 0 Å². The number of aliphatic hydroxyl groups is 1. The lowest BCUT2D eigenvalue weighted by molar-refractivity contribution is -0.137. The minimum Gasteiger partial charge on any atom is -0.481 e. The fourth-order valence-electron chi connectivity index (χ4n) is 3.15. The van der Waals surface area contributed by atoms with Crippen molar-refractivity contribution >= 4 is 17.3 Å². The van der Waals surface area contributed by atoms with Gasteiger partial charge in [0, 0.05) is 13.1 Å². The molecule has 5 nitrogen and oxygen atoms in total. The first-order valence-electron chi connectivity index (χ1n) is 8.78. The maximum Gasteiger partial charge on any atom is 0.303 e. The van der Waals surface area contributed by atoms with Crippen molar-refractivity contribution in [2.45, 2.75) is 58.0 Å². The van der Waals surface area contributed by atoms with Crippen LogP contribution in [0.5, 0.6) is 0 Å². The zero-order valence-corrected chi connectivity index (χ0v) is 15.0. The summed E-state index contributed by atoms with van der Waals surface area (Å²) in [5, 5.41) is 19.3. The number of carbonyl (C=O) groups is 1. The number of carboxylic acids is 1. The van der Waals surface area contributed by atoms with E-state index < -0.39 is 11.6 Å². The molecule has 0 unspecified atom stereocenters. The number of hydrogen-bond acceptors (Lipinski definition) is 4. The van der Waals surface area contributed by atoms with Gasteiger partial charge >= 0.3 is 5.97 Å². The Morgan fingerprint density at radius 1 is 1.42 bits per heavy atom. The SMILES string of the molecule is CC[C@H](CC(=O)O)c1ccc(N(CC2CC2)CC(C)(C)O)c(N)c1. The third kappa shape index (κ3) is 5.41. The highest BCUT2D eigenvalue weighted by Crippen LogP contribution is 2.35. The Morgan fingerprint density at radius 2 is 2.08 bits per heavy atom. The molecule has 1 atom stereocenters. The first-order chi connectivity index (χ1) is 11.2. The van der Waals surface area contributed by atoms with Crippen molar-refractivity contribution in [1.29, 1.82) is 0 Å². The van der Waals surface area contributed by atoms with E-state index in [4.69, 9.17) is 10.8 Å². The van der Waals surface area contributed by atoms with E-state index in [9.17, 15) is 9.90 Å². The summed E-state index contributed by atoms with van der Waals surface area (Å²) in [5.74, 6) is -0.131. The monoisotopic (exact) mass is 334 g/mol. The van der Waals surface area contributed by atoms with E-state index >= 15 is 0 Å². The zero-order valence-electron chi connectivity index (χ0n) is 15.0. The molecule has 0 radical (unpaired) electrons. The van der Waals surface area contributed by atoms with Gasteiger partial charge in [-0.3, -0.25) is 4.79 Å². The molecular weight excluding hydrogens is 304 g/mol. The van der Waals surface area contributed by atoms with Gasteiger partial charge in [0.15, 0.2) is 0 Å². The van der Waals surface area contributed by atoms with Crippen molar-refractivity contribution in [3.8, 4) is 0 Å². The van der Waals surface area contributed by atoms with Gasteiger partial charge in [0.1, 0.15) is 0 Å². The molecule has 134 valence electrons. The van der Waals surface area contributed by atoms with Crippen LogP contribution in [0.3, 0.4) is 0 Å². The largest absolute Gasteiger partial charge is 0.481 e. The second-order valence-electron chi connectivity index (χ2n) is 7.66. The maximum absolute atomic E-state index is 11.0. The Morgan fingerprint density at radius 3 is 2.54 bits per heavy atom. The molecule has 1 saturated carbocycles. The summed E-state index contributed by atoms with van der Waals surface area (Å²) in [6.45, 7) is 7.03. The Labute approximate surface area is 144 Å². The number of aliphatic carboxylic acids is 1. The van der Waals surface area contributed by atoms with E-state index in [1.54, 1.807) is 13.8 Å². The van der Waals surface area contributed by atoms with Gasteiger partial charge in [-0.05, 0) is 62.6 Å². The molecule has 0 spiro atoms. The molecule has 0 saturated heterocycles. The fraction of sp³-hybridized carbons (Fsp3) is 0.632. The molecular formula is C19H30N2O3. The Bertz CT molecular complexity index is 576. The van der Waals surface area contributed by atoms with Crippen LogP contribution in [-0.4, -0.2) is 34.9 Å². The summed E-state index contributed by atoms with van der Waals surface area (Å²) in [4.78, 5) is 13.2. The summed E-state index contributed by atoms with van der Waals surface area (Å²) in [7, 11) is 0. The first kappa shape index (κ1) is 18.6. The summed E-state index contributed by atoms with van der Waals surface area (Å²) in [6.07, 6.45) is 3.35. The van der Waals surface area contributed by atoms with E-state index in [-0.39, 0.29) is 12.3 Å². The second-order valence-corrected chi connectivity index (χ2v) is 7.66. The Kier molecular flexibility index (Phi) is 5.75. The third-order valence-electron chi connectivity index (χ3n) is 4.53. The first-order valence-corrected chi connectivity index (χ1v) is 8.78. The van der Waals surface area contributed by atoms with Crippen molar-refractivity contribution in [1.82, 2.24) is 0 Å². The molecule has 0 bridgehead atoms. The molecule has 0 aromatic heterocycles. The topological polar surface area (TPSA) is 86.8 Å². The molecule has 1 aliphatic rings. The van der Waals surface area contributed by atoms with E-state index in [0.717, 1.165) is 24.2 Å². The van der Waals surface area contributed by atoms with Crippen LogP contribution < -0.4 is 10.6 Å². The number of anilines is 2. The lowest BCUT2D eigenvalue weighted by atomic mass is 9.92. The summed E-state index contributed by atoms with van der Waals surface area (Å²) in [5.41, 5.74) is 8.04. The molecule has 0 heterocycles. The number of carboxylic acid groups (broad SMARTS) is 1. The lowest BCUT2D eigenvalue weighted by Gasteiger charge is -2.32. The molecule has 24 heavy (non-hydrogen) atoms. The fourth-order valence-corrected chi connectivity index (χ4v) is 3.15. The smallest absolute Gasteiger partial charge is 0.303 e. The van der Waals surface area contributed by atoms with E-state index in [2.05, 4.69) is 4.90 Å². The van der Waals surface area contributed by atoms with Crippen LogP contribution in [0.15, 0.2) is 18.2 Å². The second kappa shape index (κ2) is 7.43. The molecule has 1 aliphatic carbocycles. The van der Waals surface area contributed by atoms with Crippen molar-refractivity contribution in [3.63, 3.8) is 0 Å². The number of nitrogens with zero attached hydrogens (tertiary/aromatic N) is 1. The number of nitrogens with two attached hydrogens (primary N) is 1. The normalized spacial score (nSPS) is 16.0. The van der Waals surface area contributed by atoms with Gasteiger partial charge in [-0.25, -0.2) is 0 Å². The standard InChI is InChI=1S/C19H30N2O3/c1-4-14(10-18(22)23)15-7-8-17(16(20)9-15)21(11-13-5-6-13)12-19(2,3)24/h7-9,13-14,24H,4-6,10-12,20H2,1-3H3,(H,22,23)/t14-/m1/s1. The third-order valence-corrected chi connectivity index (χ3v) is 4.53. The molecule has 1 fully saturated rings. The quantitative estimate of drug-likeness (QED) is 0.604. The zero-order chi connectivity index (χ0) is 17.9. The molecule has 5 heteroatoms. The van der Waals surface area contributed by atoms with Crippen LogP contribution in [0.1, 0.15) is 57.9 Å². The summed E-state index contributed by atoms with van der Waals surface area (Å²) < 4.78 is 0. The van der Waals surface area contributed by atoms with Gasteiger partial charge in [0.25, 0.3) is 0 Å². The molecule has 1 aromatic rings. The Balaban J connectivity index is 2.23. The highest BCUT2D eigenvalue weighted by atomic mass is 16.4. The average Bonchev–Trinajstić information content (AvgIpc) is 3.26. The maximum atomic E-state index is 11.0. The minimum absolute atomic E-state index is 0.0231.